The third-order valence-corrected chi connectivity index (χ3v) is 3.26. The summed E-state index contributed by atoms with van der Waals surface area (Å²) in [5.74, 6) is -1.12. The summed E-state index contributed by atoms with van der Waals surface area (Å²) in [5.41, 5.74) is -0.394. The molecule has 0 spiro atoms. The number of allylic oxidation sites excluding steroid dienone is 2. The van der Waals surface area contributed by atoms with Gasteiger partial charge in [0.15, 0.2) is 5.78 Å². The van der Waals surface area contributed by atoms with Crippen LogP contribution in [0.3, 0.4) is 0 Å². The van der Waals surface area contributed by atoms with Crippen LogP contribution in [0.1, 0.15) is 54.4 Å². The lowest BCUT2D eigenvalue weighted by Gasteiger charge is -2.24. The maximum Gasteiger partial charge on any atom is 0.511 e. The lowest BCUT2D eigenvalue weighted by molar-refractivity contribution is -0.165. The van der Waals surface area contributed by atoms with E-state index in [1.807, 2.05) is 6.92 Å². The van der Waals surface area contributed by atoms with Gasteiger partial charge in [-0.3, -0.25) is 4.79 Å². The third kappa shape index (κ3) is 7.28. The predicted octanol–water partition coefficient (Wildman–Crippen LogP) is 3.32. The smallest absolute Gasteiger partial charge is 0.428 e. The van der Waals surface area contributed by atoms with E-state index in [9.17, 15) is 14.4 Å². The van der Waals surface area contributed by atoms with E-state index in [0.29, 0.717) is 6.42 Å². The molecular weight excluding hydrogens is 332 g/mol. The number of carbonyl (C=O) groups is 3. The number of hydrogen-bond acceptors (Lipinski definition) is 8. The Labute approximate surface area is 146 Å². The van der Waals surface area contributed by atoms with Crippen molar-refractivity contribution in [2.75, 3.05) is 0 Å². The maximum atomic E-state index is 11.9. The topological polar surface area (TPSA) is 104 Å². The molecule has 0 aliphatic carbocycles. The normalized spacial score (nSPS) is 14.6. The van der Waals surface area contributed by atoms with Crippen LogP contribution in [-0.2, 0) is 33.6 Å². The first-order valence-corrected chi connectivity index (χ1v) is 7.94. The summed E-state index contributed by atoms with van der Waals surface area (Å²) in [6.45, 7) is 9.77. The lowest BCUT2D eigenvalue weighted by Crippen LogP contribution is -2.31. The van der Waals surface area contributed by atoms with Crippen LogP contribution in [-0.4, -0.2) is 29.8 Å². The molecule has 0 saturated carbocycles. The van der Waals surface area contributed by atoms with Gasteiger partial charge in [0, 0.05) is 12.5 Å². The summed E-state index contributed by atoms with van der Waals surface area (Å²) in [6.07, 6.45) is 0.507. The second-order valence-corrected chi connectivity index (χ2v) is 6.22. The first-order valence-electron chi connectivity index (χ1n) is 7.94. The molecular formula is C17H24O8. The highest BCUT2D eigenvalue weighted by Crippen LogP contribution is 2.23. The number of rotatable bonds is 8. The predicted molar refractivity (Wildman–Crippen MR) is 85.7 cm³/mol. The van der Waals surface area contributed by atoms with E-state index in [0.717, 1.165) is 12.5 Å². The largest absolute Gasteiger partial charge is 0.511 e. The van der Waals surface area contributed by atoms with Gasteiger partial charge in [-0.25, -0.2) is 19.4 Å². The molecule has 1 unspecified atom stereocenters. The van der Waals surface area contributed by atoms with Crippen molar-refractivity contribution in [3.63, 3.8) is 0 Å². The Morgan fingerprint density at radius 1 is 1.16 bits per heavy atom. The van der Waals surface area contributed by atoms with E-state index in [2.05, 4.69) is 9.78 Å². The van der Waals surface area contributed by atoms with Crippen LogP contribution < -0.4 is 0 Å². The van der Waals surface area contributed by atoms with Gasteiger partial charge in [0.1, 0.15) is 5.60 Å². The summed E-state index contributed by atoms with van der Waals surface area (Å²) in [7, 11) is 0. The van der Waals surface area contributed by atoms with Gasteiger partial charge in [-0.2, -0.15) is 0 Å². The second-order valence-electron chi connectivity index (χ2n) is 6.22. The molecule has 8 heteroatoms. The minimum absolute atomic E-state index is 0.0423. The monoisotopic (exact) mass is 356 g/mol. The Hall–Kier alpha value is -2.51. The molecule has 1 heterocycles. The quantitative estimate of drug-likeness (QED) is 0.214. The van der Waals surface area contributed by atoms with Gasteiger partial charge in [-0.15, -0.1) is 0 Å². The fraction of sp³-hybridized carbons (Fsp3) is 0.588. The molecule has 1 aliphatic rings. The summed E-state index contributed by atoms with van der Waals surface area (Å²) < 4.78 is 15.0. The van der Waals surface area contributed by atoms with Crippen molar-refractivity contribution >= 4 is 17.9 Å². The highest BCUT2D eigenvalue weighted by molar-refractivity contribution is 6.07. The molecule has 0 N–H and O–H groups in total. The Balaban J connectivity index is 2.51. The van der Waals surface area contributed by atoms with Crippen LogP contribution in [0.5, 0.6) is 0 Å². The second kappa shape index (κ2) is 8.55. The maximum absolute atomic E-state index is 11.9. The fourth-order valence-corrected chi connectivity index (χ4v) is 1.92. The first kappa shape index (κ1) is 20.5. The number of ether oxygens (including phenoxy) is 3. The zero-order valence-corrected chi connectivity index (χ0v) is 15.3. The van der Waals surface area contributed by atoms with E-state index in [4.69, 9.17) is 14.2 Å². The van der Waals surface area contributed by atoms with Gasteiger partial charge in [0.2, 0.25) is 6.29 Å². The Morgan fingerprint density at radius 2 is 1.76 bits per heavy atom. The number of esters is 1. The van der Waals surface area contributed by atoms with Crippen molar-refractivity contribution < 1.29 is 38.4 Å². The Morgan fingerprint density at radius 3 is 2.28 bits per heavy atom. The number of hydrogen-bond donors (Lipinski definition) is 0. The van der Waals surface area contributed by atoms with Crippen LogP contribution in [0, 0.1) is 0 Å². The van der Waals surface area contributed by atoms with Gasteiger partial charge in [-0.05, 0) is 40.2 Å². The highest BCUT2D eigenvalue weighted by Gasteiger charge is 2.27. The summed E-state index contributed by atoms with van der Waals surface area (Å²) in [5, 5.41) is 0. The average molecular weight is 356 g/mol. The minimum atomic E-state index is -1.16. The molecule has 0 radical (unpaired) electrons. The molecule has 1 fully saturated rings. The highest BCUT2D eigenvalue weighted by atomic mass is 17.4. The molecule has 1 aliphatic heterocycles. The van der Waals surface area contributed by atoms with E-state index >= 15 is 0 Å². The molecule has 0 aromatic rings. The molecule has 140 valence electrons. The van der Waals surface area contributed by atoms with Gasteiger partial charge in [0.05, 0.1) is 5.57 Å². The zero-order valence-electron chi connectivity index (χ0n) is 15.3. The van der Waals surface area contributed by atoms with Gasteiger partial charge < -0.3 is 14.2 Å². The third-order valence-electron chi connectivity index (χ3n) is 3.26. The van der Waals surface area contributed by atoms with E-state index in [1.165, 1.54) is 20.8 Å². The molecule has 8 nitrogen and oxygen atoms in total. The van der Waals surface area contributed by atoms with Crippen LogP contribution in [0.2, 0.25) is 0 Å². The standard InChI is InChI=1S/C17H24O8/c1-7-8-17(5,6)23-16(20)22-12(4)21-14(19)10(2)9-13(18)11(3)15-24-25-15/h9,12H,7-8H2,1-6H3/b10-9+. The minimum Gasteiger partial charge on any atom is -0.428 e. The van der Waals surface area contributed by atoms with Gasteiger partial charge >= 0.3 is 18.1 Å². The fourth-order valence-electron chi connectivity index (χ4n) is 1.92. The molecule has 0 aromatic carbocycles. The van der Waals surface area contributed by atoms with Crippen molar-refractivity contribution in [1.82, 2.24) is 0 Å². The summed E-state index contributed by atoms with van der Waals surface area (Å²) >= 11 is 0. The molecule has 0 amide bonds. The average Bonchev–Trinajstić information content (AvgIpc) is 3.29. The van der Waals surface area contributed by atoms with E-state index in [-0.39, 0.29) is 17.1 Å². The van der Waals surface area contributed by atoms with Crippen molar-refractivity contribution in [2.24, 2.45) is 0 Å². The van der Waals surface area contributed by atoms with Crippen LogP contribution in [0.15, 0.2) is 23.2 Å². The van der Waals surface area contributed by atoms with Crippen molar-refractivity contribution in [3.8, 4) is 0 Å². The number of ketones is 1. The lowest BCUT2D eigenvalue weighted by atomic mass is 10.0. The summed E-state index contributed by atoms with van der Waals surface area (Å²) in [6, 6.07) is 0. The van der Waals surface area contributed by atoms with Crippen molar-refractivity contribution in [2.45, 2.75) is 66.3 Å². The van der Waals surface area contributed by atoms with Crippen molar-refractivity contribution in [1.29, 1.82) is 0 Å². The molecule has 25 heavy (non-hydrogen) atoms. The Kier molecular flexibility index (Phi) is 7.02. The molecule has 0 bridgehead atoms. The van der Waals surface area contributed by atoms with Crippen LogP contribution in [0.25, 0.3) is 0 Å². The molecule has 1 saturated heterocycles. The van der Waals surface area contributed by atoms with E-state index in [1.54, 1.807) is 13.8 Å². The van der Waals surface area contributed by atoms with E-state index < -0.39 is 29.8 Å². The van der Waals surface area contributed by atoms with Gasteiger partial charge in [-0.1, -0.05) is 13.3 Å². The number of carbonyl (C=O) groups excluding carboxylic acids is 3. The molecule has 0 aromatic heterocycles. The Bertz CT molecular complexity index is 594. The molecule has 1 rings (SSSR count). The zero-order chi connectivity index (χ0) is 19.2. The van der Waals surface area contributed by atoms with Crippen molar-refractivity contribution in [3.05, 3.63) is 23.2 Å². The van der Waals surface area contributed by atoms with Gasteiger partial charge in [0.25, 0.3) is 0 Å². The van der Waals surface area contributed by atoms with Crippen LogP contribution >= 0.6 is 0 Å². The first-order chi connectivity index (χ1) is 11.6. The van der Waals surface area contributed by atoms with Crippen LogP contribution in [0.4, 0.5) is 4.79 Å². The molecule has 1 atom stereocenters. The summed E-state index contributed by atoms with van der Waals surface area (Å²) in [4.78, 5) is 44.3. The SMILES string of the molecule is CCCC(C)(C)OC(=O)OC(C)OC(=O)/C(C)=C/C(=O)C(C)=C1OO1.